The molecule has 2 aromatic rings. The minimum atomic E-state index is -0.772. The van der Waals surface area contributed by atoms with Gasteiger partial charge in [0.05, 0.1) is 5.56 Å². The second kappa shape index (κ2) is 10.8. The summed E-state index contributed by atoms with van der Waals surface area (Å²) in [7, 11) is 3.84. The zero-order valence-electron chi connectivity index (χ0n) is 18.7. The number of halogens is 1. The molecule has 0 bridgehead atoms. The molecule has 0 saturated heterocycles. The largest absolute Gasteiger partial charge is 0.377 e. The highest BCUT2D eigenvalue weighted by atomic mass is 19.1. The van der Waals surface area contributed by atoms with Gasteiger partial charge in [-0.3, -0.25) is 4.79 Å². The van der Waals surface area contributed by atoms with E-state index < -0.39 is 11.7 Å². The van der Waals surface area contributed by atoms with Gasteiger partial charge >= 0.3 is 0 Å². The van der Waals surface area contributed by atoms with Crippen molar-refractivity contribution in [2.75, 3.05) is 29.6 Å². The van der Waals surface area contributed by atoms with E-state index in [9.17, 15) is 9.18 Å². The van der Waals surface area contributed by atoms with Gasteiger partial charge in [-0.1, -0.05) is 38.5 Å². The molecule has 0 radical (unpaired) electrons. The zero-order chi connectivity index (χ0) is 23.1. The quantitative estimate of drug-likeness (QED) is 0.429. The molecule has 31 heavy (non-hydrogen) atoms. The van der Waals surface area contributed by atoms with Crippen LogP contribution in [-0.2, 0) is 0 Å². The van der Waals surface area contributed by atoms with E-state index in [1.54, 1.807) is 6.08 Å². The van der Waals surface area contributed by atoms with Crippen LogP contribution in [0.25, 0.3) is 6.08 Å². The van der Waals surface area contributed by atoms with Gasteiger partial charge in [-0.15, -0.1) is 0 Å². The molecule has 168 valence electrons. The van der Waals surface area contributed by atoms with E-state index in [0.29, 0.717) is 5.69 Å². The maximum atomic E-state index is 14.7. The number of nitrogens with zero attached hydrogens (tertiary/aromatic N) is 2. The van der Waals surface area contributed by atoms with Crippen LogP contribution in [0.3, 0.4) is 0 Å². The Balaban J connectivity index is 2.44. The van der Waals surface area contributed by atoms with Crippen LogP contribution in [0.15, 0.2) is 30.8 Å². The van der Waals surface area contributed by atoms with Gasteiger partial charge in [0, 0.05) is 37.6 Å². The van der Waals surface area contributed by atoms with Gasteiger partial charge in [-0.25, -0.2) is 9.37 Å². The molecule has 0 saturated carbocycles. The summed E-state index contributed by atoms with van der Waals surface area (Å²) >= 11 is 0. The number of nitrogens with two attached hydrogens (primary N) is 2. The molecule has 0 aliphatic carbocycles. The molecule has 1 aromatic carbocycles. The summed E-state index contributed by atoms with van der Waals surface area (Å²) in [6.45, 7) is 7.78. The monoisotopic (exact) mass is 428 g/mol. The van der Waals surface area contributed by atoms with Crippen LogP contribution in [0.4, 0.5) is 27.4 Å². The topological polar surface area (TPSA) is 109 Å². The first-order chi connectivity index (χ1) is 14.7. The van der Waals surface area contributed by atoms with Crippen molar-refractivity contribution in [3.05, 3.63) is 47.8 Å². The first kappa shape index (κ1) is 24.1. The Morgan fingerprint density at radius 3 is 2.58 bits per heavy atom. The number of primary amides is 1. The van der Waals surface area contributed by atoms with Gasteiger partial charge in [0.1, 0.15) is 5.82 Å². The lowest BCUT2D eigenvalue weighted by Gasteiger charge is -2.24. The van der Waals surface area contributed by atoms with E-state index in [4.69, 9.17) is 11.5 Å². The van der Waals surface area contributed by atoms with Crippen molar-refractivity contribution in [1.82, 2.24) is 4.98 Å². The normalized spacial score (nSPS) is 12.7. The fourth-order valence-corrected chi connectivity index (χ4v) is 3.26. The smallest absolute Gasteiger partial charge is 0.252 e. The number of anilines is 4. The number of carbonyl (C=O) groups excluding carboxylic acids is 1. The van der Waals surface area contributed by atoms with E-state index in [0.717, 1.165) is 36.6 Å². The van der Waals surface area contributed by atoms with Gasteiger partial charge in [0.2, 0.25) is 0 Å². The van der Waals surface area contributed by atoms with Crippen LogP contribution in [0.5, 0.6) is 0 Å². The molecule has 7 nitrogen and oxygen atoms in total. The van der Waals surface area contributed by atoms with Crippen LogP contribution in [0, 0.1) is 5.82 Å². The van der Waals surface area contributed by atoms with Crippen LogP contribution >= 0.6 is 0 Å². The molecule has 0 spiro atoms. The predicted molar refractivity (Wildman–Crippen MR) is 127 cm³/mol. The van der Waals surface area contributed by atoms with Crippen LogP contribution in [-0.4, -0.2) is 37.1 Å². The summed E-state index contributed by atoms with van der Waals surface area (Å²) in [5.41, 5.74) is 14.1. The molecule has 0 fully saturated rings. The fraction of sp³-hybridized carbons (Fsp3) is 0.391. The second-order valence-corrected chi connectivity index (χ2v) is 7.83. The van der Waals surface area contributed by atoms with Crippen LogP contribution in [0.2, 0.25) is 0 Å². The third-order valence-corrected chi connectivity index (χ3v) is 5.06. The number of hydrogen-bond acceptors (Lipinski definition) is 6. The average molecular weight is 429 g/mol. The highest BCUT2D eigenvalue weighted by Gasteiger charge is 2.20. The van der Waals surface area contributed by atoms with E-state index in [-0.39, 0.29) is 29.3 Å². The SMILES string of the molecule is C=Cc1ccc(Nc2nc(NC(CCCC)[C@H](C)N)c(F)cc2C(N)=O)cc1N(C)C. The molecule has 0 aliphatic heterocycles. The molecule has 1 unspecified atom stereocenters. The van der Waals surface area contributed by atoms with Gasteiger partial charge < -0.3 is 27.0 Å². The molecule has 8 heteroatoms. The van der Waals surface area contributed by atoms with E-state index in [2.05, 4.69) is 29.1 Å². The number of aromatic nitrogens is 1. The Hall–Kier alpha value is -3.13. The van der Waals surface area contributed by atoms with Gasteiger partial charge in [0.25, 0.3) is 5.91 Å². The van der Waals surface area contributed by atoms with Crippen LogP contribution < -0.4 is 27.0 Å². The van der Waals surface area contributed by atoms with E-state index in [1.165, 1.54) is 0 Å². The van der Waals surface area contributed by atoms with Gasteiger partial charge in [-0.2, -0.15) is 0 Å². The number of benzene rings is 1. The van der Waals surface area contributed by atoms with Crippen LogP contribution in [0.1, 0.15) is 49.0 Å². The number of unbranched alkanes of at least 4 members (excludes halogenated alkanes) is 1. The van der Waals surface area contributed by atoms with Crippen molar-refractivity contribution in [1.29, 1.82) is 0 Å². The van der Waals surface area contributed by atoms with Crippen molar-refractivity contribution in [2.24, 2.45) is 11.5 Å². The summed E-state index contributed by atoms with van der Waals surface area (Å²) in [5, 5.41) is 6.20. The molecule has 1 aromatic heterocycles. The Morgan fingerprint density at radius 1 is 1.32 bits per heavy atom. The number of nitrogens with one attached hydrogen (secondary N) is 2. The Morgan fingerprint density at radius 2 is 2.03 bits per heavy atom. The lowest BCUT2D eigenvalue weighted by Crippen LogP contribution is -2.38. The number of rotatable bonds is 11. The van der Waals surface area contributed by atoms with Crippen molar-refractivity contribution in [3.8, 4) is 0 Å². The zero-order valence-corrected chi connectivity index (χ0v) is 18.7. The maximum absolute atomic E-state index is 14.7. The summed E-state index contributed by atoms with van der Waals surface area (Å²) in [4.78, 5) is 18.2. The van der Waals surface area contributed by atoms with Gasteiger partial charge in [0.15, 0.2) is 11.6 Å². The van der Waals surface area contributed by atoms with E-state index in [1.807, 2.05) is 44.1 Å². The Bertz CT molecular complexity index is 929. The summed E-state index contributed by atoms with van der Waals surface area (Å²) in [6.07, 6.45) is 4.50. The minimum absolute atomic E-state index is 0.0291. The van der Waals surface area contributed by atoms with Gasteiger partial charge in [-0.05, 0) is 37.1 Å². The van der Waals surface area contributed by atoms with Crippen molar-refractivity contribution < 1.29 is 9.18 Å². The highest BCUT2D eigenvalue weighted by molar-refractivity contribution is 5.98. The lowest BCUT2D eigenvalue weighted by molar-refractivity contribution is 0.100. The number of pyridine rings is 1. The molecule has 2 rings (SSSR count). The molecule has 1 heterocycles. The average Bonchev–Trinajstić information content (AvgIpc) is 2.72. The third kappa shape index (κ3) is 6.18. The molecule has 1 amide bonds. The predicted octanol–water partition coefficient (Wildman–Crippen LogP) is 4.09. The number of carbonyl (C=O) groups is 1. The molecular weight excluding hydrogens is 395 g/mol. The van der Waals surface area contributed by atoms with Crippen molar-refractivity contribution >= 4 is 35.0 Å². The summed E-state index contributed by atoms with van der Waals surface area (Å²) in [5.74, 6) is -1.23. The molecule has 0 aliphatic rings. The fourth-order valence-electron chi connectivity index (χ4n) is 3.26. The third-order valence-electron chi connectivity index (χ3n) is 5.06. The first-order valence-corrected chi connectivity index (χ1v) is 10.4. The molecular formula is C23H33FN6O. The molecule has 2 atom stereocenters. The Kier molecular flexibility index (Phi) is 8.38. The minimum Gasteiger partial charge on any atom is -0.377 e. The maximum Gasteiger partial charge on any atom is 0.252 e. The number of hydrogen-bond donors (Lipinski definition) is 4. The lowest BCUT2D eigenvalue weighted by atomic mass is 10.0. The van der Waals surface area contributed by atoms with Crippen molar-refractivity contribution in [3.63, 3.8) is 0 Å². The summed E-state index contributed by atoms with van der Waals surface area (Å²) in [6, 6.07) is 6.37. The Labute approximate surface area is 183 Å². The summed E-state index contributed by atoms with van der Waals surface area (Å²) < 4.78 is 14.7. The standard InChI is InChI=1S/C23H33FN6O/c1-6-8-9-19(14(3)25)28-23-18(24)13-17(21(26)31)22(29-23)27-16-11-10-15(7-2)20(12-16)30(4)5/h7,10-14,19H,2,6,8-9,25H2,1,3-5H3,(H2,26,31)(H2,27,28,29)/t14-,19?/m0/s1. The second-order valence-electron chi connectivity index (χ2n) is 7.83. The first-order valence-electron chi connectivity index (χ1n) is 10.4. The van der Waals surface area contributed by atoms with E-state index >= 15 is 0 Å². The molecule has 6 N–H and O–H groups in total. The highest BCUT2D eigenvalue weighted by Crippen LogP contribution is 2.29. The number of amides is 1. The van der Waals surface area contributed by atoms with Crippen molar-refractivity contribution in [2.45, 2.75) is 45.2 Å².